The second-order valence-corrected chi connectivity index (χ2v) is 5.85. The van der Waals surface area contributed by atoms with Gasteiger partial charge in [0.25, 0.3) is 0 Å². The highest BCUT2D eigenvalue weighted by molar-refractivity contribution is 7.80. The maximum absolute atomic E-state index is 5.48. The van der Waals surface area contributed by atoms with Gasteiger partial charge in [-0.2, -0.15) is 0 Å². The molecule has 0 atom stereocenters. The Bertz CT molecular complexity index is 747. The number of hydrogen-bond donors (Lipinski definition) is 2. The second-order valence-electron chi connectivity index (χ2n) is 5.44. The van der Waals surface area contributed by atoms with Crippen molar-refractivity contribution < 1.29 is 0 Å². The van der Waals surface area contributed by atoms with Crippen LogP contribution in [0.25, 0.3) is 0 Å². The maximum Gasteiger partial charge on any atom is 0.190 e. The third-order valence-electron chi connectivity index (χ3n) is 3.55. The average Bonchev–Trinajstić information content (AvgIpc) is 2.63. The molecule has 4 heteroatoms. The van der Waals surface area contributed by atoms with Crippen molar-refractivity contribution in [3.05, 3.63) is 90.5 Å². The molecule has 0 fully saturated rings. The van der Waals surface area contributed by atoms with Crippen molar-refractivity contribution in [2.24, 2.45) is 0 Å². The molecule has 0 saturated carbocycles. The van der Waals surface area contributed by atoms with Gasteiger partial charge in [-0.3, -0.25) is 10.4 Å². The molecule has 0 heterocycles. The molecular formula is C20H19N3S. The number of benzene rings is 3. The number of anilines is 3. The summed E-state index contributed by atoms with van der Waals surface area (Å²) in [6.45, 7) is 2.06. The van der Waals surface area contributed by atoms with Crippen molar-refractivity contribution in [2.45, 2.75) is 6.92 Å². The van der Waals surface area contributed by atoms with Crippen LogP contribution in [0.1, 0.15) is 5.56 Å². The summed E-state index contributed by atoms with van der Waals surface area (Å²) in [6.07, 6.45) is 0. The monoisotopic (exact) mass is 333 g/mol. The molecular weight excluding hydrogens is 314 g/mol. The summed E-state index contributed by atoms with van der Waals surface area (Å²) in [5.41, 5.74) is 7.46. The van der Waals surface area contributed by atoms with Gasteiger partial charge in [0.05, 0.1) is 11.4 Å². The summed E-state index contributed by atoms with van der Waals surface area (Å²) in [6, 6.07) is 28.3. The molecule has 0 aliphatic carbocycles. The lowest BCUT2D eigenvalue weighted by atomic mass is 10.2. The van der Waals surface area contributed by atoms with Gasteiger partial charge >= 0.3 is 0 Å². The maximum atomic E-state index is 5.48. The number of aryl methyl sites for hydroxylation is 1. The lowest BCUT2D eigenvalue weighted by molar-refractivity contribution is 0.943. The van der Waals surface area contributed by atoms with Gasteiger partial charge in [0.2, 0.25) is 0 Å². The standard InChI is InChI=1S/C20H19N3S/c1-16-12-14-17(15-13-16)21-20(24)22-23(18-8-4-2-5-9-18)19-10-6-3-7-11-19/h2-15H,1H3,(H2,21,22,24). The van der Waals surface area contributed by atoms with E-state index in [9.17, 15) is 0 Å². The third kappa shape index (κ3) is 4.12. The van der Waals surface area contributed by atoms with E-state index in [4.69, 9.17) is 12.2 Å². The Labute approximate surface area is 147 Å². The summed E-state index contributed by atoms with van der Waals surface area (Å²) in [5, 5.41) is 5.71. The fraction of sp³-hybridized carbons (Fsp3) is 0.0500. The van der Waals surface area contributed by atoms with E-state index in [1.165, 1.54) is 5.56 Å². The van der Waals surface area contributed by atoms with Crippen LogP contribution >= 0.6 is 12.2 Å². The van der Waals surface area contributed by atoms with Crippen molar-refractivity contribution in [3.63, 3.8) is 0 Å². The molecule has 0 aliphatic rings. The fourth-order valence-corrected chi connectivity index (χ4v) is 2.54. The van der Waals surface area contributed by atoms with Crippen LogP contribution in [-0.4, -0.2) is 5.11 Å². The van der Waals surface area contributed by atoms with Crippen LogP contribution in [0.3, 0.4) is 0 Å². The Morgan fingerprint density at radius 2 is 1.25 bits per heavy atom. The Balaban J connectivity index is 1.79. The lowest BCUT2D eigenvalue weighted by Gasteiger charge is -2.27. The molecule has 0 radical (unpaired) electrons. The molecule has 0 saturated heterocycles. The zero-order valence-electron chi connectivity index (χ0n) is 13.4. The van der Waals surface area contributed by atoms with Crippen LogP contribution in [0.15, 0.2) is 84.9 Å². The minimum Gasteiger partial charge on any atom is -0.331 e. The number of nitrogens with zero attached hydrogens (tertiary/aromatic N) is 1. The third-order valence-corrected chi connectivity index (χ3v) is 3.74. The van der Waals surface area contributed by atoms with Crippen molar-refractivity contribution in [3.8, 4) is 0 Å². The molecule has 3 aromatic rings. The smallest absolute Gasteiger partial charge is 0.190 e. The summed E-state index contributed by atoms with van der Waals surface area (Å²) in [7, 11) is 0. The first-order valence-electron chi connectivity index (χ1n) is 7.77. The van der Waals surface area contributed by atoms with Gasteiger partial charge in [-0.1, -0.05) is 54.1 Å². The number of thiocarbonyl (C=S) groups is 1. The molecule has 120 valence electrons. The largest absolute Gasteiger partial charge is 0.331 e. The molecule has 0 unspecified atom stereocenters. The zero-order valence-corrected chi connectivity index (χ0v) is 14.3. The second kappa shape index (κ2) is 7.62. The van der Waals surface area contributed by atoms with Crippen LogP contribution in [0.2, 0.25) is 0 Å². The van der Waals surface area contributed by atoms with Crippen molar-refractivity contribution in [1.82, 2.24) is 5.43 Å². The molecule has 3 nitrogen and oxygen atoms in total. The van der Waals surface area contributed by atoms with E-state index in [1.54, 1.807) is 0 Å². The van der Waals surface area contributed by atoms with Crippen LogP contribution in [-0.2, 0) is 0 Å². The highest BCUT2D eigenvalue weighted by Crippen LogP contribution is 2.22. The van der Waals surface area contributed by atoms with Crippen LogP contribution in [0.4, 0.5) is 17.1 Å². The molecule has 24 heavy (non-hydrogen) atoms. The van der Waals surface area contributed by atoms with E-state index in [-0.39, 0.29) is 0 Å². The van der Waals surface area contributed by atoms with Gasteiger partial charge in [0.15, 0.2) is 5.11 Å². The van der Waals surface area contributed by atoms with E-state index in [1.807, 2.05) is 77.8 Å². The van der Waals surface area contributed by atoms with Gasteiger partial charge in [-0.15, -0.1) is 0 Å². The van der Waals surface area contributed by atoms with Crippen molar-refractivity contribution in [2.75, 3.05) is 10.3 Å². The molecule has 2 N–H and O–H groups in total. The SMILES string of the molecule is Cc1ccc(NC(=S)NN(c2ccccc2)c2ccccc2)cc1. The topological polar surface area (TPSA) is 27.3 Å². The van der Waals surface area contributed by atoms with E-state index in [2.05, 4.69) is 29.8 Å². The fourth-order valence-electron chi connectivity index (χ4n) is 2.33. The first-order valence-corrected chi connectivity index (χ1v) is 8.18. The number of hydrazine groups is 1. The normalized spacial score (nSPS) is 10.0. The minimum atomic E-state index is 0.534. The average molecular weight is 333 g/mol. The highest BCUT2D eigenvalue weighted by Gasteiger charge is 2.10. The van der Waals surface area contributed by atoms with Gasteiger partial charge in [-0.05, 0) is 55.5 Å². The molecule has 0 aliphatic heterocycles. The quantitative estimate of drug-likeness (QED) is 0.517. The van der Waals surface area contributed by atoms with Crippen molar-refractivity contribution in [1.29, 1.82) is 0 Å². The Kier molecular flexibility index (Phi) is 5.08. The van der Waals surface area contributed by atoms with Crippen LogP contribution in [0.5, 0.6) is 0 Å². The van der Waals surface area contributed by atoms with E-state index in [0.29, 0.717) is 5.11 Å². The summed E-state index contributed by atoms with van der Waals surface area (Å²) < 4.78 is 0. The molecule has 0 spiro atoms. The van der Waals surface area contributed by atoms with Crippen LogP contribution in [0, 0.1) is 6.92 Å². The molecule has 3 rings (SSSR count). The van der Waals surface area contributed by atoms with Gasteiger partial charge in [0.1, 0.15) is 0 Å². The molecule has 0 aromatic heterocycles. The van der Waals surface area contributed by atoms with Crippen LogP contribution < -0.4 is 15.8 Å². The Morgan fingerprint density at radius 3 is 1.75 bits per heavy atom. The van der Waals surface area contributed by atoms with Crippen molar-refractivity contribution >= 4 is 34.4 Å². The first-order chi connectivity index (χ1) is 11.7. The summed E-state index contributed by atoms with van der Waals surface area (Å²) in [5.74, 6) is 0. The first kappa shape index (κ1) is 16.0. The predicted molar refractivity (Wildman–Crippen MR) is 106 cm³/mol. The number of rotatable bonds is 4. The Morgan fingerprint density at radius 1 is 0.750 bits per heavy atom. The van der Waals surface area contributed by atoms with E-state index >= 15 is 0 Å². The van der Waals surface area contributed by atoms with Gasteiger partial charge < -0.3 is 5.32 Å². The molecule has 0 amide bonds. The lowest BCUT2D eigenvalue weighted by Crippen LogP contribution is -2.41. The number of hydrogen-bond acceptors (Lipinski definition) is 2. The summed E-state index contributed by atoms with van der Waals surface area (Å²) in [4.78, 5) is 0. The Hall–Kier alpha value is -2.85. The van der Waals surface area contributed by atoms with Gasteiger partial charge in [-0.25, -0.2) is 0 Å². The summed E-state index contributed by atoms with van der Waals surface area (Å²) >= 11 is 5.48. The predicted octanol–water partition coefficient (Wildman–Crippen LogP) is 5.03. The molecule has 0 bridgehead atoms. The highest BCUT2D eigenvalue weighted by atomic mass is 32.1. The van der Waals surface area contributed by atoms with Gasteiger partial charge in [0, 0.05) is 5.69 Å². The van der Waals surface area contributed by atoms with E-state index in [0.717, 1.165) is 17.1 Å². The molecule has 3 aromatic carbocycles. The van der Waals surface area contributed by atoms with E-state index < -0.39 is 0 Å². The zero-order chi connectivity index (χ0) is 16.8. The number of para-hydroxylation sites is 2. The number of nitrogens with one attached hydrogen (secondary N) is 2. The minimum absolute atomic E-state index is 0.534.